The molecular weight excluding hydrogens is 376 g/mol. The van der Waals surface area contributed by atoms with Crippen LogP contribution in [0.1, 0.15) is 96.6 Å². The third-order valence-corrected chi connectivity index (χ3v) is 5.21. The second kappa shape index (κ2) is 15.3. The van der Waals surface area contributed by atoms with Crippen LogP contribution in [-0.2, 0) is 6.42 Å². The van der Waals surface area contributed by atoms with Gasteiger partial charge in [-0.15, -0.1) is 0 Å². The van der Waals surface area contributed by atoms with Crippen LogP contribution < -0.4 is 0 Å². The molecule has 0 amide bonds. The molecule has 0 aliphatic carbocycles. The summed E-state index contributed by atoms with van der Waals surface area (Å²) in [6, 6.07) is 15.0. The minimum Gasteiger partial charge on any atom is -0.478 e. The Morgan fingerprint density at radius 3 is 1.60 bits per heavy atom. The molecule has 0 aliphatic rings. The summed E-state index contributed by atoms with van der Waals surface area (Å²) < 4.78 is 0. The quantitative estimate of drug-likeness (QED) is 0.363. The topological polar surface area (TPSA) is 74.6 Å². The predicted octanol–water partition coefficient (Wildman–Crippen LogP) is 7.15. The molecular formula is C26H36O4. The van der Waals surface area contributed by atoms with E-state index in [1.807, 2.05) is 0 Å². The molecule has 164 valence electrons. The van der Waals surface area contributed by atoms with Crippen LogP contribution in [0.25, 0.3) is 0 Å². The van der Waals surface area contributed by atoms with Gasteiger partial charge in [0.25, 0.3) is 0 Å². The zero-order valence-corrected chi connectivity index (χ0v) is 18.4. The van der Waals surface area contributed by atoms with Crippen LogP contribution >= 0.6 is 0 Å². The van der Waals surface area contributed by atoms with Crippen LogP contribution in [0.5, 0.6) is 0 Å². The Balaban J connectivity index is 0.000000311. The molecule has 0 spiro atoms. The SMILES string of the molecule is CCCCCCCCCCCc1ccccc1.Cc1c(C(=O)O)cccc1C(=O)O. The molecule has 0 heterocycles. The number of hydrogen-bond acceptors (Lipinski definition) is 2. The van der Waals surface area contributed by atoms with Crippen LogP contribution in [0.2, 0.25) is 0 Å². The fourth-order valence-electron chi connectivity index (χ4n) is 3.38. The lowest BCUT2D eigenvalue weighted by Gasteiger charge is -2.03. The zero-order valence-electron chi connectivity index (χ0n) is 18.4. The highest BCUT2D eigenvalue weighted by molar-refractivity contribution is 5.96. The summed E-state index contributed by atoms with van der Waals surface area (Å²) >= 11 is 0. The van der Waals surface area contributed by atoms with Gasteiger partial charge in [0.15, 0.2) is 0 Å². The molecule has 0 unspecified atom stereocenters. The molecule has 30 heavy (non-hydrogen) atoms. The number of aryl methyl sites for hydroxylation is 1. The molecule has 2 rings (SSSR count). The lowest BCUT2D eigenvalue weighted by Crippen LogP contribution is -2.06. The summed E-state index contributed by atoms with van der Waals surface area (Å²) in [7, 11) is 0. The summed E-state index contributed by atoms with van der Waals surface area (Å²) in [5.74, 6) is -2.22. The van der Waals surface area contributed by atoms with Gasteiger partial charge in [-0.1, -0.05) is 94.7 Å². The maximum absolute atomic E-state index is 10.6. The van der Waals surface area contributed by atoms with Crippen molar-refractivity contribution in [3.05, 3.63) is 70.8 Å². The van der Waals surface area contributed by atoms with Crippen LogP contribution in [0.3, 0.4) is 0 Å². The van der Waals surface area contributed by atoms with Crippen LogP contribution in [0.4, 0.5) is 0 Å². The van der Waals surface area contributed by atoms with Crippen molar-refractivity contribution in [2.75, 3.05) is 0 Å². The summed E-state index contributed by atoms with van der Waals surface area (Å²) in [4.78, 5) is 21.2. The summed E-state index contributed by atoms with van der Waals surface area (Å²) in [6.07, 6.45) is 14.0. The molecule has 0 aliphatic heterocycles. The molecule has 4 nitrogen and oxygen atoms in total. The zero-order chi connectivity index (χ0) is 22.2. The third-order valence-electron chi connectivity index (χ3n) is 5.21. The van der Waals surface area contributed by atoms with Crippen LogP contribution in [0, 0.1) is 6.92 Å². The summed E-state index contributed by atoms with van der Waals surface area (Å²) in [6.45, 7) is 3.76. The van der Waals surface area contributed by atoms with E-state index in [1.165, 1.54) is 94.9 Å². The van der Waals surface area contributed by atoms with Crippen molar-refractivity contribution in [1.29, 1.82) is 0 Å². The van der Waals surface area contributed by atoms with E-state index in [0.29, 0.717) is 0 Å². The van der Waals surface area contributed by atoms with Gasteiger partial charge >= 0.3 is 11.9 Å². The summed E-state index contributed by atoms with van der Waals surface area (Å²) in [5, 5.41) is 17.4. The summed E-state index contributed by atoms with van der Waals surface area (Å²) in [5.41, 5.74) is 1.83. The van der Waals surface area contributed by atoms with Gasteiger partial charge in [-0.3, -0.25) is 0 Å². The average molecular weight is 413 g/mol. The first-order valence-electron chi connectivity index (χ1n) is 11.1. The predicted molar refractivity (Wildman–Crippen MR) is 122 cm³/mol. The Kier molecular flexibility index (Phi) is 12.9. The van der Waals surface area contributed by atoms with Crippen molar-refractivity contribution in [3.63, 3.8) is 0 Å². The van der Waals surface area contributed by atoms with Gasteiger partial charge in [-0.05, 0) is 43.0 Å². The Labute approximate surface area is 181 Å². The van der Waals surface area contributed by atoms with Crippen LogP contribution in [-0.4, -0.2) is 22.2 Å². The monoisotopic (exact) mass is 412 g/mol. The van der Waals surface area contributed by atoms with Gasteiger partial charge in [0.2, 0.25) is 0 Å². The van der Waals surface area contributed by atoms with E-state index < -0.39 is 11.9 Å². The molecule has 0 bridgehead atoms. The average Bonchev–Trinajstić information content (AvgIpc) is 2.73. The van der Waals surface area contributed by atoms with E-state index in [-0.39, 0.29) is 16.7 Å². The lowest BCUT2D eigenvalue weighted by molar-refractivity contribution is 0.0696. The first-order chi connectivity index (χ1) is 14.5. The standard InChI is InChI=1S/C17H28.C9H8O4/c1-2-3-4-5-6-7-8-9-11-14-17-15-12-10-13-16-17;1-5-6(8(10)11)3-2-4-7(5)9(12)13/h10,12-13,15-16H,2-9,11,14H2,1H3;2-4H,1H3,(H,10,11)(H,12,13). The highest BCUT2D eigenvalue weighted by Crippen LogP contribution is 2.14. The van der Waals surface area contributed by atoms with Crippen molar-refractivity contribution in [2.45, 2.75) is 78.1 Å². The van der Waals surface area contributed by atoms with E-state index in [1.54, 1.807) is 0 Å². The normalized spacial score (nSPS) is 10.2. The van der Waals surface area contributed by atoms with Gasteiger partial charge in [0, 0.05) is 0 Å². The molecule has 0 fully saturated rings. The molecule has 0 aromatic heterocycles. The number of carboxylic acid groups (broad SMARTS) is 2. The molecule has 0 saturated carbocycles. The highest BCUT2D eigenvalue weighted by atomic mass is 16.4. The van der Waals surface area contributed by atoms with Gasteiger partial charge in [-0.25, -0.2) is 9.59 Å². The Hall–Kier alpha value is -2.62. The molecule has 0 radical (unpaired) electrons. The number of hydrogen-bond donors (Lipinski definition) is 2. The van der Waals surface area contributed by atoms with Gasteiger partial charge in [-0.2, -0.15) is 0 Å². The molecule has 2 aromatic rings. The lowest BCUT2D eigenvalue weighted by atomic mass is 10.0. The van der Waals surface area contributed by atoms with Gasteiger partial charge < -0.3 is 10.2 Å². The number of rotatable bonds is 12. The fraction of sp³-hybridized carbons (Fsp3) is 0.462. The Morgan fingerprint density at radius 2 is 1.13 bits per heavy atom. The second-order valence-electron chi connectivity index (χ2n) is 7.65. The molecule has 4 heteroatoms. The van der Waals surface area contributed by atoms with Crippen molar-refractivity contribution in [1.82, 2.24) is 0 Å². The fourth-order valence-corrected chi connectivity index (χ4v) is 3.38. The van der Waals surface area contributed by atoms with E-state index in [0.717, 1.165) is 0 Å². The number of benzene rings is 2. The molecule has 2 N–H and O–H groups in total. The molecule has 0 atom stereocenters. The first kappa shape index (κ1) is 25.4. The van der Waals surface area contributed by atoms with E-state index in [9.17, 15) is 9.59 Å². The van der Waals surface area contributed by atoms with Crippen LogP contribution in [0.15, 0.2) is 48.5 Å². The van der Waals surface area contributed by atoms with E-state index >= 15 is 0 Å². The first-order valence-corrected chi connectivity index (χ1v) is 11.1. The Bertz CT molecular complexity index is 721. The van der Waals surface area contributed by atoms with Crippen molar-refractivity contribution in [3.8, 4) is 0 Å². The number of carbonyl (C=O) groups is 2. The highest BCUT2D eigenvalue weighted by Gasteiger charge is 2.13. The largest absolute Gasteiger partial charge is 0.478 e. The van der Waals surface area contributed by atoms with Crippen molar-refractivity contribution in [2.24, 2.45) is 0 Å². The minimum atomic E-state index is -1.11. The van der Waals surface area contributed by atoms with Gasteiger partial charge in [0.1, 0.15) is 0 Å². The maximum Gasteiger partial charge on any atom is 0.335 e. The number of aromatic carboxylic acids is 2. The van der Waals surface area contributed by atoms with Gasteiger partial charge in [0.05, 0.1) is 11.1 Å². The van der Waals surface area contributed by atoms with E-state index in [4.69, 9.17) is 10.2 Å². The molecule has 2 aromatic carbocycles. The number of unbranched alkanes of at least 4 members (excludes halogenated alkanes) is 8. The second-order valence-corrected chi connectivity index (χ2v) is 7.65. The number of carboxylic acids is 2. The third kappa shape index (κ3) is 10.2. The van der Waals surface area contributed by atoms with Crippen molar-refractivity contribution < 1.29 is 19.8 Å². The minimum absolute atomic E-state index is 0.0277. The van der Waals surface area contributed by atoms with Crippen molar-refractivity contribution >= 4 is 11.9 Å². The Morgan fingerprint density at radius 1 is 0.667 bits per heavy atom. The smallest absolute Gasteiger partial charge is 0.335 e. The molecule has 0 saturated heterocycles. The maximum atomic E-state index is 10.6. The van der Waals surface area contributed by atoms with E-state index in [2.05, 4.69) is 37.3 Å².